The summed E-state index contributed by atoms with van der Waals surface area (Å²) in [5.41, 5.74) is 11.3. The minimum Gasteiger partial charge on any atom is -0.396 e. The Morgan fingerprint density at radius 1 is 0.432 bits per heavy atom. The molecule has 2 nitrogen and oxygen atoms in total. The molecule has 2 aliphatic carbocycles. The van der Waals surface area contributed by atoms with Gasteiger partial charge in [-0.25, -0.2) is 0 Å². The van der Waals surface area contributed by atoms with Crippen molar-refractivity contribution >= 4 is 0 Å². The van der Waals surface area contributed by atoms with Crippen LogP contribution in [0.3, 0.4) is 0 Å². The van der Waals surface area contributed by atoms with Gasteiger partial charge in [-0.15, -0.1) is 0 Å². The highest BCUT2D eigenvalue weighted by Gasteiger charge is 2.26. The third-order valence-electron chi connectivity index (χ3n) is 10.7. The van der Waals surface area contributed by atoms with Crippen molar-refractivity contribution in [2.24, 2.45) is 23.7 Å². The van der Waals surface area contributed by atoms with Gasteiger partial charge in [0.05, 0.1) is 0 Å². The van der Waals surface area contributed by atoms with Gasteiger partial charge < -0.3 is 10.2 Å². The molecule has 0 saturated heterocycles. The van der Waals surface area contributed by atoms with Crippen molar-refractivity contribution in [3.8, 4) is 22.3 Å². The summed E-state index contributed by atoms with van der Waals surface area (Å²) in [6, 6.07) is 36.2. The van der Waals surface area contributed by atoms with Gasteiger partial charge in [0.15, 0.2) is 0 Å². The van der Waals surface area contributed by atoms with E-state index < -0.39 is 0 Å². The SMILES string of the molecule is OCCC1CCC(Cc2ccccc2-c2ccccc2CCc2ccccc2-c2ccccc2CCC2CCC(CO)C2)C1. The van der Waals surface area contributed by atoms with Crippen molar-refractivity contribution in [1.82, 2.24) is 0 Å². The number of hydrogen-bond donors (Lipinski definition) is 2. The maximum Gasteiger partial charge on any atom is 0.0459 e. The van der Waals surface area contributed by atoms with E-state index >= 15 is 0 Å². The molecule has 0 radical (unpaired) electrons. The van der Waals surface area contributed by atoms with Gasteiger partial charge in [0.2, 0.25) is 0 Å². The van der Waals surface area contributed by atoms with Gasteiger partial charge in [0, 0.05) is 13.2 Å². The Kier molecular flexibility index (Phi) is 10.6. The Morgan fingerprint density at radius 3 is 1.36 bits per heavy atom. The fourth-order valence-electron chi connectivity index (χ4n) is 8.32. The summed E-state index contributed by atoms with van der Waals surface area (Å²) in [7, 11) is 0. The molecule has 6 rings (SSSR count). The number of aryl methyl sites for hydroxylation is 3. The quantitative estimate of drug-likeness (QED) is 0.164. The smallest absolute Gasteiger partial charge is 0.0459 e. The zero-order chi connectivity index (χ0) is 30.1. The summed E-state index contributed by atoms with van der Waals surface area (Å²) in [4.78, 5) is 0. The van der Waals surface area contributed by atoms with Crippen LogP contribution >= 0.6 is 0 Å². The van der Waals surface area contributed by atoms with Crippen LogP contribution in [0.15, 0.2) is 97.1 Å². The minimum atomic E-state index is 0.322. The summed E-state index contributed by atoms with van der Waals surface area (Å²) < 4.78 is 0. The van der Waals surface area contributed by atoms with Crippen LogP contribution in [-0.2, 0) is 25.7 Å². The fourth-order valence-corrected chi connectivity index (χ4v) is 8.32. The zero-order valence-corrected chi connectivity index (χ0v) is 26.3. The van der Waals surface area contributed by atoms with E-state index in [2.05, 4.69) is 97.1 Å². The first-order valence-corrected chi connectivity index (χ1v) is 17.3. The third-order valence-corrected chi connectivity index (χ3v) is 10.7. The van der Waals surface area contributed by atoms with E-state index in [0.717, 1.165) is 43.9 Å². The van der Waals surface area contributed by atoms with Gasteiger partial charge in [0.25, 0.3) is 0 Å². The molecule has 2 saturated carbocycles. The second-order valence-corrected chi connectivity index (χ2v) is 13.7. The van der Waals surface area contributed by atoms with Crippen LogP contribution in [0, 0.1) is 23.7 Å². The van der Waals surface area contributed by atoms with E-state index in [0.29, 0.717) is 25.0 Å². The molecule has 0 spiro atoms. The van der Waals surface area contributed by atoms with Crippen molar-refractivity contribution in [2.45, 2.75) is 77.0 Å². The molecule has 4 aromatic carbocycles. The van der Waals surface area contributed by atoms with Crippen LogP contribution in [0.25, 0.3) is 22.3 Å². The van der Waals surface area contributed by atoms with Crippen LogP contribution in [0.5, 0.6) is 0 Å². The predicted molar refractivity (Wildman–Crippen MR) is 184 cm³/mol. The topological polar surface area (TPSA) is 40.5 Å². The molecular weight excluding hydrogens is 536 g/mol. The lowest BCUT2D eigenvalue weighted by Crippen LogP contribution is -2.04. The highest BCUT2D eigenvalue weighted by Crippen LogP contribution is 2.38. The molecule has 2 N–H and O–H groups in total. The molecule has 2 heteroatoms. The van der Waals surface area contributed by atoms with Crippen LogP contribution in [0.1, 0.15) is 73.6 Å². The first kappa shape index (κ1) is 30.8. The second-order valence-electron chi connectivity index (χ2n) is 13.7. The Bertz CT molecular complexity index is 1490. The number of hydrogen-bond acceptors (Lipinski definition) is 2. The van der Waals surface area contributed by atoms with E-state index in [1.165, 1.54) is 89.5 Å². The first-order valence-electron chi connectivity index (χ1n) is 17.3. The van der Waals surface area contributed by atoms with Gasteiger partial charge in [-0.2, -0.15) is 0 Å². The van der Waals surface area contributed by atoms with Crippen LogP contribution in [0.4, 0.5) is 0 Å². The monoisotopic (exact) mass is 586 g/mol. The molecule has 2 aliphatic rings. The normalized spacial score (nSPS) is 21.6. The molecule has 0 aromatic heterocycles. The third kappa shape index (κ3) is 7.53. The number of aliphatic hydroxyl groups is 2. The minimum absolute atomic E-state index is 0.322. The summed E-state index contributed by atoms with van der Waals surface area (Å²) in [5.74, 6) is 2.66. The van der Waals surface area contributed by atoms with Gasteiger partial charge in [-0.1, -0.05) is 110 Å². The van der Waals surface area contributed by atoms with E-state index in [-0.39, 0.29) is 0 Å². The molecule has 4 aromatic rings. The van der Waals surface area contributed by atoms with E-state index in [4.69, 9.17) is 0 Å². The van der Waals surface area contributed by atoms with Gasteiger partial charge in [0.1, 0.15) is 0 Å². The molecule has 0 bridgehead atoms. The van der Waals surface area contributed by atoms with Gasteiger partial charge >= 0.3 is 0 Å². The van der Waals surface area contributed by atoms with Crippen LogP contribution in [-0.4, -0.2) is 23.4 Å². The molecule has 4 atom stereocenters. The Balaban J connectivity index is 1.19. The summed E-state index contributed by atoms with van der Waals surface area (Å²) in [6.45, 7) is 0.671. The average molecular weight is 587 g/mol. The Morgan fingerprint density at radius 2 is 0.841 bits per heavy atom. The van der Waals surface area contributed by atoms with Crippen molar-refractivity contribution < 1.29 is 10.2 Å². The lowest BCUT2D eigenvalue weighted by molar-refractivity contribution is 0.225. The maximum absolute atomic E-state index is 9.60. The van der Waals surface area contributed by atoms with Gasteiger partial charge in [-0.3, -0.25) is 0 Å². The highest BCUT2D eigenvalue weighted by molar-refractivity contribution is 5.72. The first-order chi connectivity index (χ1) is 21.7. The molecule has 4 unspecified atom stereocenters. The van der Waals surface area contributed by atoms with E-state index in [1.54, 1.807) is 0 Å². The number of rotatable bonds is 13. The second kappa shape index (κ2) is 15.2. The van der Waals surface area contributed by atoms with Crippen molar-refractivity contribution in [3.63, 3.8) is 0 Å². The molecular formula is C42H50O2. The Hall–Kier alpha value is -3.20. The summed E-state index contributed by atoms with van der Waals surface area (Å²) in [5, 5.41) is 19.0. The Labute approximate surface area is 265 Å². The largest absolute Gasteiger partial charge is 0.396 e. The summed E-state index contributed by atoms with van der Waals surface area (Å²) >= 11 is 0. The maximum atomic E-state index is 9.60. The van der Waals surface area contributed by atoms with Crippen molar-refractivity contribution in [2.75, 3.05) is 13.2 Å². The number of benzene rings is 4. The zero-order valence-electron chi connectivity index (χ0n) is 26.3. The molecule has 0 amide bonds. The van der Waals surface area contributed by atoms with E-state index in [1.807, 2.05) is 0 Å². The van der Waals surface area contributed by atoms with Crippen molar-refractivity contribution in [3.05, 3.63) is 119 Å². The standard InChI is InChI=1S/C42H50O2/c43-26-25-32-17-19-33(27-32)29-38-12-4-8-16-42(38)41-15-7-3-11-37(41)24-23-36-10-2-6-14-40(36)39-13-5-1-9-35(39)22-21-31-18-20-34(28-31)30-44/h1-16,31-34,43-44H,17-30H2. The van der Waals surface area contributed by atoms with Crippen molar-refractivity contribution in [1.29, 1.82) is 0 Å². The molecule has 230 valence electrons. The molecule has 2 fully saturated rings. The van der Waals surface area contributed by atoms with Gasteiger partial charge in [-0.05, 0) is 132 Å². The predicted octanol–water partition coefficient (Wildman–Crippen LogP) is 9.49. The average Bonchev–Trinajstić information content (AvgIpc) is 3.73. The molecule has 0 heterocycles. The lowest BCUT2D eigenvalue weighted by atomic mass is 9.86. The lowest BCUT2D eigenvalue weighted by Gasteiger charge is -2.18. The van der Waals surface area contributed by atoms with Crippen LogP contribution < -0.4 is 0 Å². The number of aliphatic hydroxyl groups excluding tert-OH is 2. The van der Waals surface area contributed by atoms with E-state index in [9.17, 15) is 10.2 Å². The van der Waals surface area contributed by atoms with Crippen LogP contribution in [0.2, 0.25) is 0 Å². The fraction of sp³-hybridized carbons (Fsp3) is 0.429. The molecule has 44 heavy (non-hydrogen) atoms. The highest BCUT2D eigenvalue weighted by atomic mass is 16.3. The summed E-state index contributed by atoms with van der Waals surface area (Å²) in [6.07, 6.45) is 13.8. The molecule has 0 aliphatic heterocycles.